The molecule has 136 valence electrons. The van der Waals surface area contributed by atoms with Gasteiger partial charge in [-0.15, -0.1) is 0 Å². The Labute approximate surface area is 149 Å². The topological polar surface area (TPSA) is 108 Å². The summed E-state index contributed by atoms with van der Waals surface area (Å²) in [5.74, 6) is 0.403. The lowest BCUT2D eigenvalue weighted by Crippen LogP contribution is -2.49. The van der Waals surface area contributed by atoms with Crippen molar-refractivity contribution in [3.8, 4) is 0 Å². The van der Waals surface area contributed by atoms with Gasteiger partial charge in [0.2, 0.25) is 5.91 Å². The maximum absolute atomic E-state index is 12.1. The van der Waals surface area contributed by atoms with E-state index in [0.29, 0.717) is 25.5 Å². The van der Waals surface area contributed by atoms with Gasteiger partial charge >= 0.3 is 12.1 Å². The minimum Gasteiger partial charge on any atom is -0.465 e. The van der Waals surface area contributed by atoms with Gasteiger partial charge in [-0.1, -0.05) is 6.07 Å². The summed E-state index contributed by atoms with van der Waals surface area (Å²) < 4.78 is 1.71. The Bertz CT molecular complexity index is 921. The van der Waals surface area contributed by atoms with E-state index in [1.54, 1.807) is 11.7 Å². The van der Waals surface area contributed by atoms with Crippen molar-refractivity contribution in [2.75, 3.05) is 24.5 Å². The van der Waals surface area contributed by atoms with Gasteiger partial charge in [0.25, 0.3) is 0 Å². The lowest BCUT2D eigenvalue weighted by Gasteiger charge is -2.24. The number of amides is 4. The van der Waals surface area contributed by atoms with Crippen molar-refractivity contribution < 1.29 is 19.5 Å². The number of carboxylic acid groups (broad SMARTS) is 1. The molecule has 1 unspecified atom stereocenters. The van der Waals surface area contributed by atoms with Crippen LogP contribution in [0.4, 0.5) is 15.4 Å². The van der Waals surface area contributed by atoms with E-state index in [0.717, 1.165) is 22.9 Å². The molecule has 4 rings (SSSR count). The second-order valence-corrected chi connectivity index (χ2v) is 6.69. The van der Waals surface area contributed by atoms with E-state index in [-0.39, 0.29) is 18.2 Å². The number of imide groups is 1. The second kappa shape index (κ2) is 6.01. The molecule has 1 aromatic carbocycles. The first-order chi connectivity index (χ1) is 12.4. The van der Waals surface area contributed by atoms with Gasteiger partial charge in [-0.2, -0.15) is 5.10 Å². The van der Waals surface area contributed by atoms with Crippen LogP contribution < -0.4 is 10.2 Å². The lowest BCUT2D eigenvalue weighted by atomic mass is 9.97. The molecule has 1 atom stereocenters. The molecule has 9 nitrogen and oxygen atoms in total. The van der Waals surface area contributed by atoms with Crippen LogP contribution in [0, 0.1) is 0 Å². The maximum atomic E-state index is 12.1. The molecule has 0 spiro atoms. The van der Waals surface area contributed by atoms with Gasteiger partial charge in [0, 0.05) is 44.4 Å². The zero-order valence-corrected chi connectivity index (χ0v) is 14.3. The van der Waals surface area contributed by atoms with Crippen LogP contribution in [0.5, 0.6) is 0 Å². The summed E-state index contributed by atoms with van der Waals surface area (Å²) in [5.41, 5.74) is 1.94. The van der Waals surface area contributed by atoms with Gasteiger partial charge in [-0.3, -0.25) is 19.7 Å². The van der Waals surface area contributed by atoms with Crippen molar-refractivity contribution in [2.24, 2.45) is 7.05 Å². The standard InChI is InChI=1S/C17H19N5O4/c1-20-13-8-10(11-4-6-21(9-11)17(25)26)2-3-12(13)15(19-20)22-7-5-14(23)18-16(22)24/h2-3,8,11H,4-7,9H2,1H3,(H,25,26)(H,18,23,24). The molecule has 0 saturated carbocycles. The number of carbonyl (C=O) groups excluding carboxylic acids is 2. The molecule has 0 bridgehead atoms. The monoisotopic (exact) mass is 357 g/mol. The molecule has 26 heavy (non-hydrogen) atoms. The van der Waals surface area contributed by atoms with E-state index < -0.39 is 12.1 Å². The number of benzene rings is 1. The molecule has 2 saturated heterocycles. The van der Waals surface area contributed by atoms with Crippen LogP contribution in [-0.4, -0.2) is 57.5 Å². The highest BCUT2D eigenvalue weighted by Crippen LogP contribution is 2.33. The van der Waals surface area contributed by atoms with Crippen LogP contribution in [0.3, 0.4) is 0 Å². The number of fused-ring (bicyclic) bond motifs is 1. The predicted octanol–water partition coefficient (Wildman–Crippen LogP) is 1.49. The molecule has 0 aliphatic carbocycles. The number of aromatic nitrogens is 2. The van der Waals surface area contributed by atoms with Gasteiger partial charge in [-0.05, 0) is 24.1 Å². The minimum absolute atomic E-state index is 0.157. The first-order valence-corrected chi connectivity index (χ1v) is 8.50. The fourth-order valence-electron chi connectivity index (χ4n) is 3.68. The summed E-state index contributed by atoms with van der Waals surface area (Å²) in [5, 5.41) is 16.7. The van der Waals surface area contributed by atoms with Gasteiger partial charge in [0.05, 0.1) is 5.52 Å². The Morgan fingerprint density at radius 2 is 2.12 bits per heavy atom. The molecular weight excluding hydrogens is 338 g/mol. The summed E-state index contributed by atoms with van der Waals surface area (Å²) in [4.78, 5) is 37.5. The predicted molar refractivity (Wildman–Crippen MR) is 93.2 cm³/mol. The number of nitrogens with zero attached hydrogens (tertiary/aromatic N) is 4. The molecular formula is C17H19N5O4. The SMILES string of the molecule is Cn1nc(N2CCC(=O)NC2=O)c2ccc(C3CCN(C(=O)O)C3)cc21. The summed E-state index contributed by atoms with van der Waals surface area (Å²) in [6.07, 6.45) is 0.149. The van der Waals surface area contributed by atoms with Crippen LogP contribution in [0.1, 0.15) is 24.3 Å². The van der Waals surface area contributed by atoms with Crippen molar-refractivity contribution in [1.29, 1.82) is 0 Å². The summed E-state index contributed by atoms with van der Waals surface area (Å²) in [6.45, 7) is 1.33. The van der Waals surface area contributed by atoms with Crippen LogP contribution in [0.25, 0.3) is 10.9 Å². The van der Waals surface area contributed by atoms with Gasteiger partial charge in [0.15, 0.2) is 5.82 Å². The number of carbonyl (C=O) groups is 3. The lowest BCUT2D eigenvalue weighted by molar-refractivity contribution is -0.120. The number of anilines is 1. The van der Waals surface area contributed by atoms with Crippen molar-refractivity contribution in [3.63, 3.8) is 0 Å². The van der Waals surface area contributed by atoms with E-state index >= 15 is 0 Å². The molecule has 1 aromatic heterocycles. The number of hydrogen-bond donors (Lipinski definition) is 2. The fraction of sp³-hybridized carbons (Fsp3) is 0.412. The van der Waals surface area contributed by atoms with Crippen molar-refractivity contribution in [3.05, 3.63) is 23.8 Å². The van der Waals surface area contributed by atoms with Gasteiger partial charge in [-0.25, -0.2) is 9.59 Å². The number of nitrogens with one attached hydrogen (secondary N) is 1. The largest absolute Gasteiger partial charge is 0.465 e. The minimum atomic E-state index is -0.887. The highest BCUT2D eigenvalue weighted by atomic mass is 16.4. The Kier molecular flexibility index (Phi) is 3.78. The molecule has 2 aromatic rings. The third kappa shape index (κ3) is 2.65. The Hall–Kier alpha value is -3.10. The quantitative estimate of drug-likeness (QED) is 0.846. The van der Waals surface area contributed by atoms with Crippen molar-refractivity contribution >= 4 is 34.8 Å². The fourth-order valence-corrected chi connectivity index (χ4v) is 3.68. The Morgan fingerprint density at radius 1 is 1.31 bits per heavy atom. The number of hydrogen-bond acceptors (Lipinski definition) is 4. The van der Waals surface area contributed by atoms with Crippen LogP contribution in [0.2, 0.25) is 0 Å². The summed E-state index contributed by atoms with van der Waals surface area (Å²) in [7, 11) is 1.81. The molecule has 2 N–H and O–H groups in total. The van der Waals surface area contributed by atoms with E-state index in [1.807, 2.05) is 18.2 Å². The van der Waals surface area contributed by atoms with Crippen LogP contribution >= 0.6 is 0 Å². The van der Waals surface area contributed by atoms with Gasteiger partial charge < -0.3 is 10.0 Å². The van der Waals surface area contributed by atoms with Crippen molar-refractivity contribution in [1.82, 2.24) is 20.0 Å². The van der Waals surface area contributed by atoms with E-state index in [1.165, 1.54) is 9.80 Å². The number of likely N-dealkylation sites (tertiary alicyclic amines) is 1. The molecule has 9 heteroatoms. The van der Waals surface area contributed by atoms with E-state index in [2.05, 4.69) is 10.4 Å². The number of urea groups is 1. The van der Waals surface area contributed by atoms with Crippen molar-refractivity contribution in [2.45, 2.75) is 18.8 Å². The molecule has 3 heterocycles. The molecule has 0 radical (unpaired) electrons. The molecule has 2 aliphatic heterocycles. The van der Waals surface area contributed by atoms with Crippen LogP contribution in [0.15, 0.2) is 18.2 Å². The average Bonchev–Trinajstić information content (AvgIpc) is 3.21. The third-order valence-electron chi connectivity index (χ3n) is 5.10. The first kappa shape index (κ1) is 16.4. The molecule has 4 amide bonds. The van der Waals surface area contributed by atoms with Crippen LogP contribution in [-0.2, 0) is 11.8 Å². The highest BCUT2D eigenvalue weighted by molar-refractivity contribution is 6.08. The van der Waals surface area contributed by atoms with E-state index in [4.69, 9.17) is 5.11 Å². The molecule has 2 fully saturated rings. The zero-order chi connectivity index (χ0) is 18.4. The molecule has 2 aliphatic rings. The third-order valence-corrected chi connectivity index (χ3v) is 5.10. The smallest absolute Gasteiger partial charge is 0.407 e. The highest BCUT2D eigenvalue weighted by Gasteiger charge is 2.30. The normalized spacial score (nSPS) is 20.7. The van der Waals surface area contributed by atoms with E-state index in [9.17, 15) is 14.4 Å². The Morgan fingerprint density at radius 3 is 2.81 bits per heavy atom. The zero-order valence-electron chi connectivity index (χ0n) is 14.3. The van der Waals surface area contributed by atoms with Gasteiger partial charge in [0.1, 0.15) is 0 Å². The first-order valence-electron chi connectivity index (χ1n) is 8.50. The number of rotatable bonds is 2. The summed E-state index contributed by atoms with van der Waals surface area (Å²) in [6, 6.07) is 5.43. The Balaban J connectivity index is 1.66. The number of aryl methyl sites for hydroxylation is 1. The second-order valence-electron chi connectivity index (χ2n) is 6.69. The average molecular weight is 357 g/mol. The summed E-state index contributed by atoms with van der Waals surface area (Å²) >= 11 is 0. The maximum Gasteiger partial charge on any atom is 0.407 e.